The van der Waals surface area contributed by atoms with E-state index in [0.717, 1.165) is 15.5 Å². The summed E-state index contributed by atoms with van der Waals surface area (Å²) in [6, 6.07) is 22.0. The van der Waals surface area contributed by atoms with Gasteiger partial charge in [-0.2, -0.15) is 0 Å². The van der Waals surface area contributed by atoms with Gasteiger partial charge in [0.25, 0.3) is 11.8 Å². The summed E-state index contributed by atoms with van der Waals surface area (Å²) in [5.41, 5.74) is 2.52. The second-order valence-electron chi connectivity index (χ2n) is 7.57. The van der Waals surface area contributed by atoms with Gasteiger partial charge in [0, 0.05) is 10.6 Å². The van der Waals surface area contributed by atoms with E-state index in [1.807, 2.05) is 54.6 Å². The second-order valence-corrected chi connectivity index (χ2v) is 9.46. The number of imide groups is 1. The van der Waals surface area contributed by atoms with E-state index in [9.17, 15) is 9.59 Å². The van der Waals surface area contributed by atoms with Gasteiger partial charge in [-0.15, -0.1) is 0 Å². The molecular weight excluding hydrogens is 463 g/mol. The van der Waals surface area contributed by atoms with Gasteiger partial charge in [0.1, 0.15) is 10.6 Å². The van der Waals surface area contributed by atoms with Crippen LogP contribution < -0.4 is 10.2 Å². The van der Waals surface area contributed by atoms with Crippen LogP contribution in [0.15, 0.2) is 88.3 Å². The zero-order chi connectivity index (χ0) is 22.8. The maximum absolute atomic E-state index is 13.4. The first-order valence-electron chi connectivity index (χ1n) is 10.0. The van der Waals surface area contributed by atoms with Crippen LogP contribution in [0.1, 0.15) is 25.3 Å². The van der Waals surface area contributed by atoms with Crippen molar-refractivity contribution in [2.45, 2.75) is 24.7 Å². The molecule has 162 valence electrons. The van der Waals surface area contributed by atoms with Crippen molar-refractivity contribution in [3.05, 3.63) is 99.0 Å². The van der Waals surface area contributed by atoms with E-state index < -0.39 is 11.8 Å². The largest absolute Gasteiger partial charge is 0.350 e. The third-order valence-electron chi connectivity index (χ3n) is 5.01. The predicted molar refractivity (Wildman–Crippen MR) is 132 cm³/mol. The Labute approximate surface area is 201 Å². The highest BCUT2D eigenvalue weighted by Crippen LogP contribution is 2.39. The zero-order valence-electron chi connectivity index (χ0n) is 17.4. The molecular formula is C25H20Cl2N2O2S. The summed E-state index contributed by atoms with van der Waals surface area (Å²) in [6.07, 6.45) is 0. The Morgan fingerprint density at radius 3 is 2.16 bits per heavy atom. The van der Waals surface area contributed by atoms with E-state index in [1.165, 1.54) is 23.4 Å². The number of anilines is 2. The molecule has 0 radical (unpaired) electrons. The van der Waals surface area contributed by atoms with Crippen LogP contribution >= 0.6 is 35.0 Å². The maximum atomic E-state index is 13.4. The van der Waals surface area contributed by atoms with Crippen molar-refractivity contribution in [3.63, 3.8) is 0 Å². The van der Waals surface area contributed by atoms with Crippen molar-refractivity contribution < 1.29 is 9.59 Å². The summed E-state index contributed by atoms with van der Waals surface area (Å²) in [5, 5.41) is 3.79. The van der Waals surface area contributed by atoms with Gasteiger partial charge in [0.05, 0.1) is 15.7 Å². The third kappa shape index (κ3) is 4.56. The van der Waals surface area contributed by atoms with Crippen molar-refractivity contribution in [2.75, 3.05) is 10.2 Å². The third-order valence-corrected chi connectivity index (χ3v) is 6.84. The number of amides is 2. The summed E-state index contributed by atoms with van der Waals surface area (Å²) in [5.74, 6) is -0.462. The van der Waals surface area contributed by atoms with Crippen molar-refractivity contribution in [1.82, 2.24) is 0 Å². The fourth-order valence-electron chi connectivity index (χ4n) is 3.28. The average Bonchev–Trinajstić information content (AvgIpc) is 3.01. The summed E-state index contributed by atoms with van der Waals surface area (Å²) in [6.45, 7) is 4.24. The molecule has 1 aliphatic rings. The van der Waals surface area contributed by atoms with Gasteiger partial charge in [-0.3, -0.25) is 9.59 Å². The Kier molecular flexibility index (Phi) is 6.60. The Morgan fingerprint density at radius 1 is 0.844 bits per heavy atom. The number of hydrogen-bond acceptors (Lipinski definition) is 4. The molecule has 0 saturated heterocycles. The molecule has 0 aromatic heterocycles. The van der Waals surface area contributed by atoms with Crippen LogP contribution in [-0.4, -0.2) is 11.8 Å². The van der Waals surface area contributed by atoms with Gasteiger partial charge in [0.15, 0.2) is 0 Å². The Bertz CT molecular complexity index is 1210. The van der Waals surface area contributed by atoms with Crippen LogP contribution in [-0.2, 0) is 9.59 Å². The van der Waals surface area contributed by atoms with Gasteiger partial charge in [-0.05, 0) is 53.9 Å². The number of hydrogen-bond donors (Lipinski definition) is 1. The highest BCUT2D eigenvalue weighted by Gasteiger charge is 2.40. The maximum Gasteiger partial charge on any atom is 0.283 e. The van der Waals surface area contributed by atoms with Gasteiger partial charge >= 0.3 is 0 Å². The van der Waals surface area contributed by atoms with E-state index in [1.54, 1.807) is 12.1 Å². The zero-order valence-corrected chi connectivity index (χ0v) is 19.8. The Balaban J connectivity index is 1.72. The predicted octanol–water partition coefficient (Wildman–Crippen LogP) is 7.11. The first-order chi connectivity index (χ1) is 15.3. The molecule has 32 heavy (non-hydrogen) atoms. The van der Waals surface area contributed by atoms with E-state index in [2.05, 4.69) is 19.2 Å². The topological polar surface area (TPSA) is 49.4 Å². The molecule has 3 aromatic rings. The number of benzene rings is 3. The van der Waals surface area contributed by atoms with E-state index in [-0.39, 0.29) is 10.7 Å². The fourth-order valence-corrected chi connectivity index (χ4v) is 4.52. The number of nitrogens with one attached hydrogen (secondary N) is 1. The molecule has 1 aliphatic heterocycles. The molecule has 4 nitrogen and oxygen atoms in total. The quantitative estimate of drug-likeness (QED) is 0.380. The van der Waals surface area contributed by atoms with E-state index in [4.69, 9.17) is 23.2 Å². The molecule has 3 aromatic carbocycles. The summed E-state index contributed by atoms with van der Waals surface area (Å²) in [7, 11) is 0. The van der Waals surface area contributed by atoms with E-state index in [0.29, 0.717) is 21.5 Å². The van der Waals surface area contributed by atoms with Crippen LogP contribution in [0.3, 0.4) is 0 Å². The molecule has 1 heterocycles. The number of rotatable bonds is 6. The lowest BCUT2D eigenvalue weighted by atomic mass is 10.0. The van der Waals surface area contributed by atoms with Gasteiger partial charge in [-0.25, -0.2) is 4.90 Å². The first-order valence-corrected chi connectivity index (χ1v) is 11.6. The Hall–Kier alpha value is -2.73. The number of carbonyl (C=O) groups is 2. The monoisotopic (exact) mass is 482 g/mol. The molecule has 0 saturated carbocycles. The number of halogens is 2. The number of carbonyl (C=O) groups excluding carboxylic acids is 2. The van der Waals surface area contributed by atoms with Crippen LogP contribution in [0.25, 0.3) is 0 Å². The lowest BCUT2D eigenvalue weighted by molar-refractivity contribution is -0.120. The molecule has 1 N–H and O–H groups in total. The van der Waals surface area contributed by atoms with Crippen LogP contribution in [0.4, 0.5) is 11.4 Å². The first kappa shape index (κ1) is 22.5. The molecule has 7 heteroatoms. The molecule has 0 aliphatic carbocycles. The van der Waals surface area contributed by atoms with Crippen molar-refractivity contribution in [3.8, 4) is 0 Å². The fraction of sp³-hybridized carbons (Fsp3) is 0.120. The number of thioether (sulfide) groups is 1. The molecule has 0 spiro atoms. The normalized spacial score (nSPS) is 14.0. The Morgan fingerprint density at radius 2 is 1.53 bits per heavy atom. The summed E-state index contributed by atoms with van der Waals surface area (Å²) in [4.78, 5) is 29.1. The SMILES string of the molecule is CC(C)c1ccc(NC2=C(Sc3ccccc3)C(=O)N(c3ccc(Cl)c(Cl)c3)C2=O)cc1. The summed E-state index contributed by atoms with van der Waals surface area (Å²) >= 11 is 13.4. The smallest absolute Gasteiger partial charge is 0.283 e. The van der Waals surface area contributed by atoms with Crippen molar-refractivity contribution >= 4 is 58.2 Å². The summed E-state index contributed by atoms with van der Waals surface area (Å²) < 4.78 is 0. The minimum absolute atomic E-state index is 0.229. The minimum Gasteiger partial charge on any atom is -0.350 e. The number of nitrogens with zero attached hydrogens (tertiary/aromatic N) is 1. The van der Waals surface area contributed by atoms with Gasteiger partial charge < -0.3 is 5.32 Å². The molecule has 4 rings (SSSR count). The lowest BCUT2D eigenvalue weighted by Gasteiger charge is -2.16. The second kappa shape index (κ2) is 9.41. The van der Waals surface area contributed by atoms with Crippen LogP contribution in [0, 0.1) is 0 Å². The minimum atomic E-state index is -0.445. The molecule has 0 atom stereocenters. The van der Waals surface area contributed by atoms with E-state index >= 15 is 0 Å². The average molecular weight is 483 g/mol. The standard InChI is InChI=1S/C25H20Cl2N2O2S/c1-15(2)16-8-10-17(11-9-16)28-22-23(32-19-6-4-3-5-7-19)25(31)29(24(22)30)18-12-13-20(26)21(27)14-18/h3-15,28H,1-2H3. The molecule has 2 amide bonds. The van der Waals surface area contributed by atoms with Crippen molar-refractivity contribution in [1.29, 1.82) is 0 Å². The lowest BCUT2D eigenvalue weighted by Crippen LogP contribution is -2.32. The molecule has 0 bridgehead atoms. The highest BCUT2D eigenvalue weighted by molar-refractivity contribution is 8.04. The molecule has 0 unspecified atom stereocenters. The highest BCUT2D eigenvalue weighted by atomic mass is 35.5. The molecule has 0 fully saturated rings. The van der Waals surface area contributed by atoms with Crippen molar-refractivity contribution in [2.24, 2.45) is 0 Å². The van der Waals surface area contributed by atoms with Crippen LogP contribution in [0.2, 0.25) is 10.0 Å². The van der Waals surface area contributed by atoms with Gasteiger partial charge in [-0.1, -0.05) is 79.1 Å². The van der Waals surface area contributed by atoms with Gasteiger partial charge in [0.2, 0.25) is 0 Å². The van der Waals surface area contributed by atoms with Crippen LogP contribution in [0.5, 0.6) is 0 Å².